The molecule has 0 heterocycles. The van der Waals surface area contributed by atoms with Gasteiger partial charge < -0.3 is 0 Å². The second-order valence-electron chi connectivity index (χ2n) is 3.08. The molecule has 0 radical (unpaired) electrons. The van der Waals surface area contributed by atoms with Crippen LogP contribution >= 0.6 is 11.6 Å². The summed E-state index contributed by atoms with van der Waals surface area (Å²) in [7, 11) is 0. The van der Waals surface area contributed by atoms with E-state index in [-0.39, 0.29) is 11.4 Å². The van der Waals surface area contributed by atoms with Crippen molar-refractivity contribution in [1.82, 2.24) is 0 Å². The first-order valence-electron chi connectivity index (χ1n) is 4.13. The van der Waals surface area contributed by atoms with Gasteiger partial charge in [0.2, 0.25) is 0 Å². The molecule has 0 aliphatic rings. The van der Waals surface area contributed by atoms with Crippen molar-refractivity contribution in [2.24, 2.45) is 0 Å². The number of aryl methyl sites for hydroxylation is 1. The van der Waals surface area contributed by atoms with Crippen LogP contribution in [0.3, 0.4) is 0 Å². The van der Waals surface area contributed by atoms with E-state index in [1.807, 2.05) is 0 Å². The van der Waals surface area contributed by atoms with Gasteiger partial charge in [-0.25, -0.2) is 0 Å². The highest BCUT2D eigenvalue weighted by Crippen LogP contribution is 2.30. The number of Topliss-reactive ketones (excluding diaryl/α,β-unsaturated/α-hetero) is 1. The van der Waals surface area contributed by atoms with Crippen LogP contribution in [-0.2, 0) is 6.18 Å². The average molecular weight is 237 g/mol. The van der Waals surface area contributed by atoms with Crippen LogP contribution in [0, 0.1) is 6.92 Å². The van der Waals surface area contributed by atoms with Gasteiger partial charge in [-0.05, 0) is 24.6 Å². The van der Waals surface area contributed by atoms with Gasteiger partial charge in [0.05, 0.1) is 11.4 Å². The fraction of sp³-hybridized carbons (Fsp3) is 0.300. The minimum absolute atomic E-state index is 0.0276. The molecule has 0 amide bonds. The molecule has 15 heavy (non-hydrogen) atoms. The van der Waals surface area contributed by atoms with E-state index in [1.54, 1.807) is 6.92 Å². The summed E-state index contributed by atoms with van der Waals surface area (Å²) in [6, 6.07) is 3.04. The van der Waals surface area contributed by atoms with E-state index in [0.717, 1.165) is 12.1 Å². The maximum Gasteiger partial charge on any atom is 0.416 e. The van der Waals surface area contributed by atoms with Gasteiger partial charge in [-0.3, -0.25) is 4.79 Å². The van der Waals surface area contributed by atoms with Gasteiger partial charge in [0, 0.05) is 5.56 Å². The monoisotopic (exact) mass is 236 g/mol. The predicted octanol–water partition coefficient (Wildman–Crippen LogP) is 3.44. The molecule has 0 saturated heterocycles. The molecular weight excluding hydrogens is 229 g/mol. The van der Waals surface area contributed by atoms with Crippen molar-refractivity contribution < 1.29 is 18.0 Å². The molecule has 82 valence electrons. The van der Waals surface area contributed by atoms with Crippen molar-refractivity contribution in [3.63, 3.8) is 0 Å². The van der Waals surface area contributed by atoms with E-state index in [2.05, 4.69) is 0 Å². The van der Waals surface area contributed by atoms with Crippen molar-refractivity contribution in [3.8, 4) is 0 Å². The maximum absolute atomic E-state index is 12.3. The smallest absolute Gasteiger partial charge is 0.293 e. The van der Waals surface area contributed by atoms with Crippen LogP contribution < -0.4 is 0 Å². The number of halogens is 4. The molecule has 1 aromatic carbocycles. The second-order valence-corrected chi connectivity index (χ2v) is 3.35. The SMILES string of the molecule is Cc1ccc(C(F)(F)F)cc1C(=O)CCl. The van der Waals surface area contributed by atoms with Crippen LogP contribution in [0.25, 0.3) is 0 Å². The summed E-state index contributed by atoms with van der Waals surface area (Å²) in [6.07, 6.45) is -4.44. The van der Waals surface area contributed by atoms with Gasteiger partial charge in [0.25, 0.3) is 0 Å². The normalized spacial score (nSPS) is 11.5. The van der Waals surface area contributed by atoms with E-state index in [0.29, 0.717) is 5.56 Å². The summed E-state index contributed by atoms with van der Waals surface area (Å²) in [5, 5.41) is 0. The Morgan fingerprint density at radius 1 is 1.40 bits per heavy atom. The van der Waals surface area contributed by atoms with Crippen molar-refractivity contribution in [2.75, 3.05) is 5.88 Å². The molecule has 0 unspecified atom stereocenters. The van der Waals surface area contributed by atoms with E-state index in [1.165, 1.54) is 6.07 Å². The van der Waals surface area contributed by atoms with Gasteiger partial charge in [-0.1, -0.05) is 6.07 Å². The number of carbonyl (C=O) groups is 1. The zero-order chi connectivity index (χ0) is 11.6. The van der Waals surface area contributed by atoms with Crippen molar-refractivity contribution in [1.29, 1.82) is 0 Å². The maximum atomic E-state index is 12.3. The van der Waals surface area contributed by atoms with Gasteiger partial charge in [-0.15, -0.1) is 11.6 Å². The molecule has 0 fully saturated rings. The van der Waals surface area contributed by atoms with Crippen molar-refractivity contribution in [3.05, 3.63) is 34.9 Å². The highest BCUT2D eigenvalue weighted by atomic mass is 35.5. The average Bonchev–Trinajstić information content (AvgIpc) is 2.15. The van der Waals surface area contributed by atoms with Gasteiger partial charge in [0.15, 0.2) is 5.78 Å². The zero-order valence-corrected chi connectivity index (χ0v) is 8.62. The molecule has 1 rings (SSSR count). The zero-order valence-electron chi connectivity index (χ0n) is 7.86. The van der Waals surface area contributed by atoms with Crippen molar-refractivity contribution >= 4 is 17.4 Å². The summed E-state index contributed by atoms with van der Waals surface area (Å²) >= 11 is 5.29. The summed E-state index contributed by atoms with van der Waals surface area (Å²) in [5.74, 6) is -0.817. The molecule has 0 atom stereocenters. The van der Waals surface area contributed by atoms with E-state index in [4.69, 9.17) is 11.6 Å². The lowest BCUT2D eigenvalue weighted by atomic mass is 10.0. The minimum atomic E-state index is -4.44. The Bertz CT molecular complexity index is 385. The summed E-state index contributed by atoms with van der Waals surface area (Å²) in [4.78, 5) is 11.2. The quantitative estimate of drug-likeness (QED) is 0.568. The molecule has 5 heteroatoms. The number of rotatable bonds is 2. The standard InChI is InChI=1S/C10H8ClF3O/c1-6-2-3-7(10(12,13)14)4-8(6)9(15)5-11/h2-4H,5H2,1H3. The fourth-order valence-corrected chi connectivity index (χ4v) is 1.31. The van der Waals surface area contributed by atoms with E-state index in [9.17, 15) is 18.0 Å². The van der Waals surface area contributed by atoms with Crippen LogP contribution in [0.15, 0.2) is 18.2 Å². The number of benzene rings is 1. The molecular formula is C10H8ClF3O. The second kappa shape index (κ2) is 4.23. The van der Waals surface area contributed by atoms with Crippen LogP contribution in [0.1, 0.15) is 21.5 Å². The molecule has 1 aromatic rings. The van der Waals surface area contributed by atoms with Gasteiger partial charge >= 0.3 is 6.18 Å². The molecule has 0 aliphatic heterocycles. The van der Waals surface area contributed by atoms with Crippen LogP contribution in [-0.4, -0.2) is 11.7 Å². The van der Waals surface area contributed by atoms with Gasteiger partial charge in [0.1, 0.15) is 0 Å². The Morgan fingerprint density at radius 3 is 2.47 bits per heavy atom. The third-order valence-corrected chi connectivity index (χ3v) is 2.23. The lowest BCUT2D eigenvalue weighted by Gasteiger charge is -2.09. The molecule has 0 saturated carbocycles. The topological polar surface area (TPSA) is 17.1 Å². The Balaban J connectivity index is 3.23. The fourth-order valence-electron chi connectivity index (χ4n) is 1.17. The molecule has 0 spiro atoms. The van der Waals surface area contributed by atoms with Gasteiger partial charge in [-0.2, -0.15) is 13.2 Å². The third-order valence-electron chi connectivity index (χ3n) is 1.99. The molecule has 1 nitrogen and oxygen atoms in total. The molecule has 0 N–H and O–H groups in total. The number of hydrogen-bond donors (Lipinski definition) is 0. The number of carbonyl (C=O) groups excluding carboxylic acids is 1. The molecule has 0 aliphatic carbocycles. The highest BCUT2D eigenvalue weighted by molar-refractivity contribution is 6.30. The van der Waals surface area contributed by atoms with Crippen LogP contribution in [0.2, 0.25) is 0 Å². The summed E-state index contributed by atoms with van der Waals surface area (Å²) < 4.78 is 37.0. The molecule has 0 bridgehead atoms. The Hall–Kier alpha value is -1.03. The first-order chi connectivity index (χ1) is 6.86. The summed E-state index contributed by atoms with van der Waals surface area (Å²) in [5.41, 5.74) is -0.310. The first-order valence-corrected chi connectivity index (χ1v) is 4.66. The Morgan fingerprint density at radius 2 is 2.00 bits per heavy atom. The van der Waals surface area contributed by atoms with E-state index >= 15 is 0 Å². The van der Waals surface area contributed by atoms with Crippen LogP contribution in [0.4, 0.5) is 13.2 Å². The Labute approximate surface area is 89.9 Å². The minimum Gasteiger partial charge on any atom is -0.293 e. The van der Waals surface area contributed by atoms with Crippen LogP contribution in [0.5, 0.6) is 0 Å². The predicted molar refractivity (Wildman–Crippen MR) is 51.2 cm³/mol. The van der Waals surface area contributed by atoms with Crippen molar-refractivity contribution in [2.45, 2.75) is 13.1 Å². The summed E-state index contributed by atoms with van der Waals surface area (Å²) in [6.45, 7) is 1.57. The number of hydrogen-bond acceptors (Lipinski definition) is 1. The largest absolute Gasteiger partial charge is 0.416 e. The third kappa shape index (κ3) is 2.72. The number of alkyl halides is 4. The molecule has 0 aromatic heterocycles. The lowest BCUT2D eigenvalue weighted by Crippen LogP contribution is -2.09. The first kappa shape index (κ1) is 12.0. The van der Waals surface area contributed by atoms with E-state index < -0.39 is 17.5 Å². The highest BCUT2D eigenvalue weighted by Gasteiger charge is 2.31. The number of ketones is 1. The lowest BCUT2D eigenvalue weighted by molar-refractivity contribution is -0.137. The Kier molecular flexibility index (Phi) is 3.39.